The van der Waals surface area contributed by atoms with E-state index in [0.29, 0.717) is 11.3 Å². The van der Waals surface area contributed by atoms with Crippen LogP contribution in [0.5, 0.6) is 0 Å². The Labute approximate surface area is 153 Å². The van der Waals surface area contributed by atoms with Gasteiger partial charge in [0.05, 0.1) is 19.8 Å². The van der Waals surface area contributed by atoms with Gasteiger partial charge in [0.1, 0.15) is 0 Å². The van der Waals surface area contributed by atoms with Crippen LogP contribution >= 0.6 is 31.9 Å². The smallest absolute Gasteiger partial charge is 0.282 e. The molecule has 2 unspecified atom stereocenters. The standard InChI is InChI=1S/C16H17Br2NO3S/c1-10(2)16(18)13(9-11(3)14(20)15(16)17)19-23(21,22)12-7-5-4-6-8-12/h4-10,15H,1-3H3/b19-13+. The van der Waals surface area contributed by atoms with Gasteiger partial charge in [0, 0.05) is 0 Å². The van der Waals surface area contributed by atoms with Crippen LogP contribution in [0.15, 0.2) is 51.3 Å². The van der Waals surface area contributed by atoms with Gasteiger partial charge in [0.25, 0.3) is 10.0 Å². The first-order valence-corrected chi connectivity index (χ1v) is 10.2. The molecule has 0 aliphatic heterocycles. The second-order valence-corrected chi connectivity index (χ2v) is 9.57. The van der Waals surface area contributed by atoms with Crippen LogP contribution < -0.4 is 0 Å². The molecule has 0 bridgehead atoms. The van der Waals surface area contributed by atoms with Crippen LogP contribution in [0.1, 0.15) is 20.8 Å². The van der Waals surface area contributed by atoms with Crippen molar-refractivity contribution in [1.29, 1.82) is 0 Å². The Morgan fingerprint density at radius 2 is 1.78 bits per heavy atom. The van der Waals surface area contributed by atoms with Crippen LogP contribution in [0.4, 0.5) is 0 Å². The molecule has 1 aliphatic rings. The summed E-state index contributed by atoms with van der Waals surface area (Å²) in [6.07, 6.45) is 1.55. The number of rotatable bonds is 3. The number of benzene rings is 1. The number of ketones is 1. The number of carbonyl (C=O) groups excluding carboxylic acids is 1. The summed E-state index contributed by atoms with van der Waals surface area (Å²) in [5.41, 5.74) is 0.805. The van der Waals surface area contributed by atoms with E-state index >= 15 is 0 Å². The van der Waals surface area contributed by atoms with Gasteiger partial charge in [-0.25, -0.2) is 0 Å². The van der Waals surface area contributed by atoms with Crippen LogP contribution in [-0.2, 0) is 14.8 Å². The Morgan fingerprint density at radius 3 is 2.30 bits per heavy atom. The molecule has 1 aromatic carbocycles. The minimum atomic E-state index is -3.85. The van der Waals surface area contributed by atoms with E-state index < -0.39 is 19.2 Å². The largest absolute Gasteiger partial charge is 0.293 e. The van der Waals surface area contributed by atoms with Crippen molar-refractivity contribution in [2.24, 2.45) is 10.3 Å². The predicted octanol–water partition coefficient (Wildman–Crippen LogP) is 3.90. The lowest BCUT2D eigenvalue weighted by atomic mass is 9.80. The van der Waals surface area contributed by atoms with E-state index in [0.717, 1.165) is 0 Å². The lowest BCUT2D eigenvalue weighted by molar-refractivity contribution is -0.115. The number of hydrogen-bond donors (Lipinski definition) is 0. The fourth-order valence-electron chi connectivity index (χ4n) is 2.37. The van der Waals surface area contributed by atoms with E-state index in [1.54, 1.807) is 31.2 Å². The molecule has 0 amide bonds. The van der Waals surface area contributed by atoms with Gasteiger partial charge in [-0.1, -0.05) is 63.9 Å². The molecule has 0 aromatic heterocycles. The van der Waals surface area contributed by atoms with Crippen LogP contribution in [0.25, 0.3) is 0 Å². The fourth-order valence-corrected chi connectivity index (χ4v) is 5.09. The number of Topliss-reactive ketones (excluding diaryl/α,β-unsaturated/α-hetero) is 1. The second-order valence-electron chi connectivity index (χ2n) is 5.74. The number of carbonyl (C=O) groups is 1. The first-order chi connectivity index (χ1) is 10.6. The van der Waals surface area contributed by atoms with Gasteiger partial charge in [0.15, 0.2) is 5.78 Å². The topological polar surface area (TPSA) is 63.6 Å². The van der Waals surface area contributed by atoms with Gasteiger partial charge in [-0.15, -0.1) is 0 Å². The van der Waals surface area contributed by atoms with Gasteiger partial charge in [0.2, 0.25) is 0 Å². The summed E-state index contributed by atoms with van der Waals surface area (Å²) in [4.78, 5) is 11.8. The highest BCUT2D eigenvalue weighted by Gasteiger charge is 2.49. The third-order valence-corrected chi connectivity index (χ3v) is 8.67. The Balaban J connectivity index is 2.65. The van der Waals surface area contributed by atoms with E-state index in [1.807, 2.05) is 13.8 Å². The monoisotopic (exact) mass is 461 g/mol. The molecule has 0 N–H and O–H groups in total. The van der Waals surface area contributed by atoms with E-state index in [4.69, 9.17) is 0 Å². The fraction of sp³-hybridized carbons (Fsp3) is 0.375. The molecule has 0 spiro atoms. The zero-order chi connectivity index (χ0) is 17.4. The van der Waals surface area contributed by atoms with Gasteiger partial charge in [-0.2, -0.15) is 12.8 Å². The molecule has 7 heteroatoms. The van der Waals surface area contributed by atoms with Crippen molar-refractivity contribution in [1.82, 2.24) is 0 Å². The summed E-state index contributed by atoms with van der Waals surface area (Å²) in [5, 5.41) is 0. The molecule has 1 aliphatic carbocycles. The van der Waals surface area contributed by atoms with Crippen molar-refractivity contribution in [2.75, 3.05) is 0 Å². The van der Waals surface area contributed by atoms with Crippen molar-refractivity contribution in [3.63, 3.8) is 0 Å². The van der Waals surface area contributed by atoms with Gasteiger partial charge >= 0.3 is 0 Å². The summed E-state index contributed by atoms with van der Waals surface area (Å²) < 4.78 is 28.3. The zero-order valence-electron chi connectivity index (χ0n) is 13.0. The van der Waals surface area contributed by atoms with Gasteiger partial charge in [-0.05, 0) is 36.6 Å². The van der Waals surface area contributed by atoms with Crippen molar-refractivity contribution in [3.8, 4) is 0 Å². The van der Waals surface area contributed by atoms with Crippen LogP contribution in [0.3, 0.4) is 0 Å². The van der Waals surface area contributed by atoms with Crippen LogP contribution in [0, 0.1) is 5.92 Å². The highest BCUT2D eigenvalue weighted by molar-refractivity contribution is 9.13. The minimum absolute atomic E-state index is 0.0510. The van der Waals surface area contributed by atoms with Crippen molar-refractivity contribution >= 4 is 53.4 Å². The average Bonchev–Trinajstić information content (AvgIpc) is 2.51. The maximum atomic E-state index is 12.6. The molecular formula is C16H17Br2NO3S. The molecule has 1 aromatic rings. The lowest BCUT2D eigenvalue weighted by Crippen LogP contribution is -2.51. The maximum Gasteiger partial charge on any atom is 0.282 e. The molecule has 4 nitrogen and oxygen atoms in total. The van der Waals surface area contributed by atoms with Crippen LogP contribution in [0.2, 0.25) is 0 Å². The number of hydrogen-bond acceptors (Lipinski definition) is 3. The van der Waals surface area contributed by atoms with Crippen molar-refractivity contribution in [2.45, 2.75) is 34.8 Å². The van der Waals surface area contributed by atoms with Crippen LogP contribution in [-0.4, -0.2) is 29.1 Å². The second kappa shape index (κ2) is 6.61. The third kappa shape index (κ3) is 3.37. The summed E-state index contributed by atoms with van der Waals surface area (Å²) in [7, 11) is -3.85. The lowest BCUT2D eigenvalue weighted by Gasteiger charge is -2.38. The highest BCUT2D eigenvalue weighted by atomic mass is 79.9. The summed E-state index contributed by atoms with van der Waals surface area (Å²) in [5.74, 6) is -0.128. The molecule has 0 fully saturated rings. The number of sulfonamides is 1. The summed E-state index contributed by atoms with van der Waals surface area (Å²) in [6.45, 7) is 5.49. The molecule has 23 heavy (non-hydrogen) atoms. The quantitative estimate of drug-likeness (QED) is 0.640. The molecule has 2 rings (SSSR count). The van der Waals surface area contributed by atoms with E-state index in [1.165, 1.54) is 12.1 Å². The molecule has 124 valence electrons. The summed E-state index contributed by atoms with van der Waals surface area (Å²) in [6, 6.07) is 8.04. The van der Waals surface area contributed by atoms with E-state index in [9.17, 15) is 13.2 Å². The van der Waals surface area contributed by atoms with Gasteiger partial charge in [-0.3, -0.25) is 4.79 Å². The normalized spacial score (nSPS) is 27.4. The highest BCUT2D eigenvalue weighted by Crippen LogP contribution is 2.42. The predicted molar refractivity (Wildman–Crippen MR) is 99.0 cm³/mol. The number of nitrogens with zero attached hydrogens (tertiary/aromatic N) is 1. The Bertz CT molecular complexity index is 785. The van der Waals surface area contributed by atoms with Gasteiger partial charge < -0.3 is 0 Å². The Hall–Kier alpha value is -0.790. The molecule has 0 radical (unpaired) electrons. The average molecular weight is 463 g/mol. The summed E-state index contributed by atoms with van der Waals surface area (Å²) >= 11 is 6.99. The Morgan fingerprint density at radius 1 is 1.22 bits per heavy atom. The Kier molecular flexibility index (Phi) is 5.33. The molecular weight excluding hydrogens is 446 g/mol. The number of allylic oxidation sites excluding steroid dienone is 2. The number of halogens is 2. The molecule has 0 heterocycles. The maximum absolute atomic E-state index is 12.6. The van der Waals surface area contributed by atoms with E-state index in [2.05, 4.69) is 36.3 Å². The SMILES string of the molecule is CC1=C/C(=N\S(=O)(=O)c2ccccc2)C(Br)(C(C)C)C(Br)C1=O. The molecule has 0 saturated heterocycles. The minimum Gasteiger partial charge on any atom is -0.293 e. The van der Waals surface area contributed by atoms with E-state index in [-0.39, 0.29) is 16.6 Å². The van der Waals surface area contributed by atoms with Crippen molar-refractivity contribution < 1.29 is 13.2 Å². The first-order valence-electron chi connectivity index (χ1n) is 7.06. The molecule has 0 saturated carbocycles. The zero-order valence-corrected chi connectivity index (χ0v) is 16.9. The third-order valence-electron chi connectivity index (χ3n) is 3.83. The first kappa shape index (κ1) is 18.5. The molecule has 2 atom stereocenters. The van der Waals surface area contributed by atoms with Crippen molar-refractivity contribution in [3.05, 3.63) is 42.0 Å². The number of alkyl halides is 2.